The van der Waals surface area contributed by atoms with E-state index in [-0.39, 0.29) is 5.41 Å². The fourth-order valence-corrected chi connectivity index (χ4v) is 6.64. The Hall–Kier alpha value is -1.31. The molecule has 2 heteroatoms. The van der Waals surface area contributed by atoms with Crippen LogP contribution >= 0.6 is 0 Å². The van der Waals surface area contributed by atoms with Gasteiger partial charge in [-0.1, -0.05) is 51.0 Å². The molecular formula is C24H36O2. The van der Waals surface area contributed by atoms with E-state index in [1.165, 1.54) is 44.6 Å². The maximum Gasteiger partial charge on any atom is 0.327 e. The minimum atomic E-state index is -0.832. The van der Waals surface area contributed by atoms with Gasteiger partial charge in [-0.3, -0.25) is 0 Å². The molecule has 3 rings (SSSR count). The van der Waals surface area contributed by atoms with E-state index in [2.05, 4.69) is 39.5 Å². The van der Waals surface area contributed by atoms with E-state index in [0.717, 1.165) is 31.1 Å². The Balaban J connectivity index is 1.81. The molecule has 5 atom stereocenters. The second-order valence-corrected chi connectivity index (χ2v) is 9.96. The van der Waals surface area contributed by atoms with Gasteiger partial charge in [-0.05, 0) is 79.4 Å². The molecule has 0 radical (unpaired) electrons. The number of carbonyl (C=O) groups is 1. The van der Waals surface area contributed by atoms with Crippen LogP contribution in [-0.4, -0.2) is 11.1 Å². The summed E-state index contributed by atoms with van der Waals surface area (Å²) in [6, 6.07) is 0. The highest BCUT2D eigenvalue weighted by Crippen LogP contribution is 2.64. The Morgan fingerprint density at radius 1 is 1.31 bits per heavy atom. The van der Waals surface area contributed by atoms with E-state index < -0.39 is 5.97 Å². The van der Waals surface area contributed by atoms with Crippen LogP contribution in [0.25, 0.3) is 0 Å². The van der Waals surface area contributed by atoms with Crippen LogP contribution in [0.1, 0.15) is 78.6 Å². The van der Waals surface area contributed by atoms with Gasteiger partial charge < -0.3 is 5.11 Å². The van der Waals surface area contributed by atoms with Crippen LogP contribution in [0.2, 0.25) is 0 Å². The van der Waals surface area contributed by atoms with Crippen molar-refractivity contribution in [1.29, 1.82) is 0 Å². The molecule has 2 saturated carbocycles. The van der Waals surface area contributed by atoms with E-state index in [4.69, 9.17) is 5.11 Å². The molecule has 3 aliphatic rings. The summed E-state index contributed by atoms with van der Waals surface area (Å²) in [5.74, 6) is 0.640. The van der Waals surface area contributed by atoms with Gasteiger partial charge in [-0.2, -0.15) is 0 Å². The predicted molar refractivity (Wildman–Crippen MR) is 108 cm³/mol. The van der Waals surface area contributed by atoms with Gasteiger partial charge in [-0.25, -0.2) is 4.79 Å². The number of allylic oxidation sites excluding steroid dienone is 4. The molecule has 1 N–H and O–H groups in total. The zero-order valence-electron chi connectivity index (χ0n) is 16.9. The molecule has 0 heterocycles. The summed E-state index contributed by atoms with van der Waals surface area (Å²) in [5.41, 5.74) is 2.70. The maximum atomic E-state index is 10.7. The lowest BCUT2D eigenvalue weighted by molar-refractivity contribution is -0.131. The van der Waals surface area contributed by atoms with Gasteiger partial charge in [0, 0.05) is 6.08 Å². The lowest BCUT2D eigenvalue weighted by atomic mass is 9.45. The number of fused-ring (bicyclic) bond motifs is 3. The summed E-state index contributed by atoms with van der Waals surface area (Å²) in [7, 11) is 0. The summed E-state index contributed by atoms with van der Waals surface area (Å²) in [4.78, 5) is 10.7. The Bertz CT molecular complexity index is 630. The Labute approximate surface area is 159 Å². The van der Waals surface area contributed by atoms with Crippen molar-refractivity contribution < 1.29 is 9.90 Å². The molecule has 144 valence electrons. The number of hydrogen-bond acceptors (Lipinski definition) is 1. The van der Waals surface area contributed by atoms with E-state index in [1.807, 2.05) is 6.08 Å². The standard InChI is InChI=1S/C24H36O2/c1-5-22(2)16-12-19-18(17-22)10-11-20-23(3,13-7-6-9-21(25)26)14-8-15-24(19,20)4/h5-6,9,12,18,20H,1,7-8,10-11,13-17H2,2-4H3,(H,25,26)/t18?,20?,22-,23+,24-/m0/s1. The van der Waals surface area contributed by atoms with Crippen molar-refractivity contribution >= 4 is 5.97 Å². The Morgan fingerprint density at radius 2 is 2.08 bits per heavy atom. The highest BCUT2D eigenvalue weighted by atomic mass is 16.4. The number of aliphatic carboxylic acids is 1. The first-order chi connectivity index (χ1) is 12.2. The van der Waals surface area contributed by atoms with Crippen LogP contribution in [0.4, 0.5) is 0 Å². The van der Waals surface area contributed by atoms with Crippen molar-refractivity contribution in [3.8, 4) is 0 Å². The Kier molecular flexibility index (Phi) is 5.25. The SMILES string of the molecule is C=C[C@@]1(C)CC=C2C(CCC3[C@](C)(CCC=CC(=O)O)CCC[C@@]23C)C1. The van der Waals surface area contributed by atoms with Gasteiger partial charge in [0.05, 0.1) is 0 Å². The van der Waals surface area contributed by atoms with E-state index >= 15 is 0 Å². The first-order valence-corrected chi connectivity index (χ1v) is 10.5. The van der Waals surface area contributed by atoms with Crippen LogP contribution in [0.15, 0.2) is 36.5 Å². The van der Waals surface area contributed by atoms with E-state index in [0.29, 0.717) is 10.8 Å². The molecule has 0 amide bonds. The van der Waals surface area contributed by atoms with Crippen molar-refractivity contribution in [3.63, 3.8) is 0 Å². The number of rotatable bonds is 5. The van der Waals surface area contributed by atoms with Gasteiger partial charge in [0.25, 0.3) is 0 Å². The van der Waals surface area contributed by atoms with E-state index in [1.54, 1.807) is 5.57 Å². The summed E-state index contributed by atoms with van der Waals surface area (Å²) >= 11 is 0. The topological polar surface area (TPSA) is 37.3 Å². The maximum absolute atomic E-state index is 10.7. The van der Waals surface area contributed by atoms with Crippen molar-refractivity contribution in [1.82, 2.24) is 0 Å². The fourth-order valence-electron chi connectivity index (χ4n) is 6.64. The summed E-state index contributed by atoms with van der Waals surface area (Å²) in [6.45, 7) is 11.5. The molecule has 2 fully saturated rings. The summed E-state index contributed by atoms with van der Waals surface area (Å²) in [5, 5.41) is 8.83. The fraction of sp³-hybridized carbons (Fsp3) is 0.708. The zero-order chi connectivity index (χ0) is 19.0. The number of hydrogen-bond donors (Lipinski definition) is 1. The molecule has 0 saturated heterocycles. The second-order valence-electron chi connectivity index (χ2n) is 9.96. The Morgan fingerprint density at radius 3 is 2.77 bits per heavy atom. The quantitative estimate of drug-likeness (QED) is 0.448. The number of carboxylic acid groups (broad SMARTS) is 1. The molecule has 0 spiro atoms. The van der Waals surface area contributed by atoms with Gasteiger partial charge in [0.1, 0.15) is 0 Å². The highest BCUT2D eigenvalue weighted by Gasteiger charge is 2.54. The van der Waals surface area contributed by atoms with Crippen molar-refractivity contribution in [2.24, 2.45) is 28.1 Å². The smallest absolute Gasteiger partial charge is 0.327 e. The first kappa shape index (κ1) is 19.5. The molecule has 2 unspecified atom stereocenters. The highest BCUT2D eigenvalue weighted by molar-refractivity contribution is 5.79. The molecule has 0 aromatic rings. The lowest BCUT2D eigenvalue weighted by Gasteiger charge is -2.59. The molecular weight excluding hydrogens is 320 g/mol. The minimum Gasteiger partial charge on any atom is -0.478 e. The van der Waals surface area contributed by atoms with Crippen LogP contribution in [0.3, 0.4) is 0 Å². The van der Waals surface area contributed by atoms with Crippen LogP contribution in [-0.2, 0) is 4.79 Å². The normalized spacial score (nSPS) is 42.7. The van der Waals surface area contributed by atoms with Crippen LogP contribution < -0.4 is 0 Å². The molecule has 0 aliphatic heterocycles. The van der Waals surface area contributed by atoms with Gasteiger partial charge in [-0.15, -0.1) is 6.58 Å². The molecule has 0 aromatic carbocycles. The van der Waals surface area contributed by atoms with Gasteiger partial charge in [0.15, 0.2) is 0 Å². The third kappa shape index (κ3) is 3.44. The third-order valence-corrected chi connectivity index (χ3v) is 8.09. The van der Waals surface area contributed by atoms with E-state index in [9.17, 15) is 4.79 Å². The molecule has 2 nitrogen and oxygen atoms in total. The third-order valence-electron chi connectivity index (χ3n) is 8.09. The summed E-state index contributed by atoms with van der Waals surface area (Å²) < 4.78 is 0. The van der Waals surface area contributed by atoms with Crippen molar-refractivity contribution in [2.75, 3.05) is 0 Å². The van der Waals surface area contributed by atoms with Gasteiger partial charge >= 0.3 is 5.97 Å². The minimum absolute atomic E-state index is 0.275. The first-order valence-electron chi connectivity index (χ1n) is 10.5. The monoisotopic (exact) mass is 356 g/mol. The lowest BCUT2D eigenvalue weighted by Crippen LogP contribution is -2.50. The van der Waals surface area contributed by atoms with Gasteiger partial charge in [0.2, 0.25) is 0 Å². The second kappa shape index (κ2) is 7.02. The molecule has 0 bridgehead atoms. The van der Waals surface area contributed by atoms with Crippen molar-refractivity contribution in [3.05, 3.63) is 36.5 Å². The average molecular weight is 357 g/mol. The average Bonchev–Trinajstić information content (AvgIpc) is 2.58. The molecule has 3 aliphatic carbocycles. The van der Waals surface area contributed by atoms with Crippen LogP contribution in [0, 0.1) is 28.1 Å². The number of carboxylic acids is 1. The van der Waals surface area contributed by atoms with Crippen molar-refractivity contribution in [2.45, 2.75) is 78.6 Å². The molecule has 0 aromatic heterocycles. The largest absolute Gasteiger partial charge is 0.478 e. The zero-order valence-corrected chi connectivity index (χ0v) is 16.9. The predicted octanol–water partition coefficient (Wildman–Crippen LogP) is 6.54. The summed E-state index contributed by atoms with van der Waals surface area (Å²) in [6.07, 6.45) is 18.9. The molecule has 26 heavy (non-hydrogen) atoms. The van der Waals surface area contributed by atoms with Crippen LogP contribution in [0.5, 0.6) is 0 Å².